The normalized spacial score (nSPS) is 9.40. The van der Waals surface area contributed by atoms with Crippen molar-refractivity contribution in [3.8, 4) is 5.75 Å². The first kappa shape index (κ1) is 11.3. The van der Waals surface area contributed by atoms with Crippen molar-refractivity contribution < 1.29 is 14.3 Å². The largest absolute Gasteiger partial charge is 0.490 e. The average molecular weight is 205 g/mol. The molecule has 0 aliphatic carbocycles. The molecule has 0 bridgehead atoms. The van der Waals surface area contributed by atoms with Crippen LogP contribution >= 0.6 is 0 Å². The fraction of sp³-hybridized carbons (Fsp3) is 0.250. The molecule has 3 nitrogen and oxygen atoms in total. The molecule has 1 radical (unpaired) electrons. The number of rotatable bonds is 5. The smallest absolute Gasteiger partial charge is 0.333 e. The number of ether oxygens (including phenoxy) is 2. The average Bonchev–Trinajstić information content (AvgIpc) is 2.25. The van der Waals surface area contributed by atoms with Crippen LogP contribution in [-0.2, 0) is 9.53 Å². The van der Waals surface area contributed by atoms with E-state index in [1.54, 1.807) is 31.2 Å². The molecule has 15 heavy (non-hydrogen) atoms. The molecule has 1 rings (SSSR count). The maximum absolute atomic E-state index is 11.0. The lowest BCUT2D eigenvalue weighted by molar-refractivity contribution is -0.139. The van der Waals surface area contributed by atoms with Crippen LogP contribution in [-0.4, -0.2) is 19.2 Å². The molecule has 1 aromatic carbocycles. The van der Waals surface area contributed by atoms with Crippen molar-refractivity contribution in [1.29, 1.82) is 0 Å². The van der Waals surface area contributed by atoms with Crippen LogP contribution in [0.4, 0.5) is 0 Å². The Bertz CT molecular complexity index is 330. The summed E-state index contributed by atoms with van der Waals surface area (Å²) in [6, 6.07) is 9.98. The minimum Gasteiger partial charge on any atom is -0.490 e. The first-order valence-electron chi connectivity index (χ1n) is 4.61. The van der Waals surface area contributed by atoms with Crippen molar-refractivity contribution in [1.82, 2.24) is 0 Å². The molecular weight excluding hydrogens is 192 g/mol. The molecule has 0 N–H and O–H groups in total. The highest BCUT2D eigenvalue weighted by molar-refractivity contribution is 5.86. The van der Waals surface area contributed by atoms with Gasteiger partial charge in [0.25, 0.3) is 0 Å². The number of hydrogen-bond donors (Lipinski definition) is 0. The maximum Gasteiger partial charge on any atom is 0.333 e. The Kier molecular flexibility index (Phi) is 4.41. The zero-order valence-electron chi connectivity index (χ0n) is 8.66. The summed E-state index contributed by atoms with van der Waals surface area (Å²) in [7, 11) is 0. The van der Waals surface area contributed by atoms with Gasteiger partial charge < -0.3 is 9.47 Å². The highest BCUT2D eigenvalue weighted by Crippen LogP contribution is 2.07. The van der Waals surface area contributed by atoms with E-state index in [0.29, 0.717) is 12.2 Å². The van der Waals surface area contributed by atoms with E-state index in [9.17, 15) is 4.79 Å². The van der Waals surface area contributed by atoms with E-state index >= 15 is 0 Å². The van der Waals surface area contributed by atoms with Crippen LogP contribution < -0.4 is 4.74 Å². The minimum absolute atomic E-state index is 0.226. The zero-order valence-corrected chi connectivity index (χ0v) is 8.66. The third-order valence-electron chi connectivity index (χ3n) is 1.62. The third kappa shape index (κ3) is 4.31. The molecule has 3 heteroatoms. The highest BCUT2D eigenvalue weighted by atomic mass is 16.6. The van der Waals surface area contributed by atoms with Gasteiger partial charge in [0, 0.05) is 5.57 Å². The van der Waals surface area contributed by atoms with Crippen LogP contribution in [0.25, 0.3) is 0 Å². The SMILES string of the molecule is C=C(C)C(=O)OCCOc1cc[c]cc1. The molecule has 0 amide bonds. The van der Waals surface area contributed by atoms with Crippen molar-refractivity contribution in [3.63, 3.8) is 0 Å². The fourth-order valence-corrected chi connectivity index (χ4v) is 0.885. The number of esters is 1. The summed E-state index contributed by atoms with van der Waals surface area (Å²) in [5, 5.41) is 0. The van der Waals surface area contributed by atoms with E-state index in [2.05, 4.69) is 12.6 Å². The van der Waals surface area contributed by atoms with Crippen LogP contribution in [0.2, 0.25) is 0 Å². The lowest BCUT2D eigenvalue weighted by atomic mass is 10.3. The van der Waals surface area contributed by atoms with E-state index < -0.39 is 0 Å². The Morgan fingerprint density at radius 3 is 2.67 bits per heavy atom. The van der Waals surface area contributed by atoms with Crippen molar-refractivity contribution in [2.24, 2.45) is 0 Å². The first-order chi connectivity index (χ1) is 7.20. The summed E-state index contributed by atoms with van der Waals surface area (Å²) in [4.78, 5) is 11.0. The molecule has 0 heterocycles. The Balaban J connectivity index is 2.18. The quantitative estimate of drug-likeness (QED) is 0.419. The topological polar surface area (TPSA) is 35.5 Å². The summed E-state index contributed by atoms with van der Waals surface area (Å²) in [6.07, 6.45) is 0. The third-order valence-corrected chi connectivity index (χ3v) is 1.62. The van der Waals surface area contributed by atoms with Gasteiger partial charge in [0.15, 0.2) is 0 Å². The fourth-order valence-electron chi connectivity index (χ4n) is 0.885. The lowest BCUT2D eigenvalue weighted by Gasteiger charge is -2.06. The van der Waals surface area contributed by atoms with Crippen molar-refractivity contribution >= 4 is 5.97 Å². The van der Waals surface area contributed by atoms with Gasteiger partial charge in [-0.3, -0.25) is 0 Å². The molecule has 0 spiro atoms. The summed E-state index contributed by atoms with van der Waals surface area (Å²) in [6.45, 7) is 5.64. The number of hydrogen-bond acceptors (Lipinski definition) is 3. The van der Waals surface area contributed by atoms with E-state index in [4.69, 9.17) is 9.47 Å². The molecule has 0 aromatic heterocycles. The Morgan fingerprint density at radius 2 is 2.07 bits per heavy atom. The highest BCUT2D eigenvalue weighted by Gasteiger charge is 2.01. The van der Waals surface area contributed by atoms with Gasteiger partial charge >= 0.3 is 5.97 Å². The molecule has 0 fully saturated rings. The second kappa shape index (κ2) is 5.86. The number of carbonyl (C=O) groups is 1. The van der Waals surface area contributed by atoms with E-state index in [0.717, 1.165) is 5.75 Å². The van der Waals surface area contributed by atoms with Crippen molar-refractivity contribution in [3.05, 3.63) is 42.5 Å². The van der Waals surface area contributed by atoms with E-state index in [-0.39, 0.29) is 12.6 Å². The summed E-state index contributed by atoms with van der Waals surface area (Å²) in [5.41, 5.74) is 0.393. The molecule has 0 aliphatic rings. The number of carbonyl (C=O) groups excluding carboxylic acids is 1. The summed E-state index contributed by atoms with van der Waals surface area (Å²) in [5.74, 6) is 0.347. The Hall–Kier alpha value is -1.77. The predicted molar refractivity (Wildman–Crippen MR) is 56.5 cm³/mol. The minimum atomic E-state index is -0.389. The van der Waals surface area contributed by atoms with Crippen molar-refractivity contribution in [2.45, 2.75) is 6.92 Å². The van der Waals surface area contributed by atoms with Gasteiger partial charge in [0.2, 0.25) is 0 Å². The van der Waals surface area contributed by atoms with Gasteiger partial charge in [-0.1, -0.05) is 18.7 Å². The number of benzene rings is 1. The molecular formula is C12H13O3. The maximum atomic E-state index is 11.0. The molecule has 0 atom stereocenters. The van der Waals surface area contributed by atoms with Gasteiger partial charge in [0.05, 0.1) is 0 Å². The second-order valence-electron chi connectivity index (χ2n) is 3.00. The first-order valence-corrected chi connectivity index (χ1v) is 4.61. The van der Waals surface area contributed by atoms with Gasteiger partial charge in [-0.15, -0.1) is 0 Å². The zero-order chi connectivity index (χ0) is 11.1. The second-order valence-corrected chi connectivity index (χ2v) is 3.00. The lowest BCUT2D eigenvalue weighted by Crippen LogP contribution is -2.12. The Morgan fingerprint density at radius 1 is 1.40 bits per heavy atom. The summed E-state index contributed by atoms with van der Waals surface area (Å²) < 4.78 is 10.2. The molecule has 79 valence electrons. The van der Waals surface area contributed by atoms with Crippen LogP contribution in [0.5, 0.6) is 5.75 Å². The summed E-state index contributed by atoms with van der Waals surface area (Å²) >= 11 is 0. The van der Waals surface area contributed by atoms with E-state index in [1.807, 2.05) is 0 Å². The molecule has 0 saturated carbocycles. The molecule has 0 saturated heterocycles. The van der Waals surface area contributed by atoms with Crippen molar-refractivity contribution in [2.75, 3.05) is 13.2 Å². The standard InChI is InChI=1S/C12H13O3/c1-10(2)12(13)15-9-8-14-11-6-4-3-5-7-11/h4-7H,1,8-9H2,2H3. The van der Waals surface area contributed by atoms with Crippen LogP contribution in [0, 0.1) is 6.07 Å². The van der Waals surface area contributed by atoms with Gasteiger partial charge in [-0.25, -0.2) is 4.79 Å². The Labute approximate surface area is 89.3 Å². The molecule has 1 aromatic rings. The van der Waals surface area contributed by atoms with E-state index in [1.165, 1.54) is 0 Å². The molecule has 0 unspecified atom stereocenters. The van der Waals surface area contributed by atoms with Gasteiger partial charge in [0.1, 0.15) is 19.0 Å². The van der Waals surface area contributed by atoms with Crippen LogP contribution in [0.1, 0.15) is 6.92 Å². The van der Waals surface area contributed by atoms with Gasteiger partial charge in [-0.05, 0) is 25.1 Å². The predicted octanol–water partition coefficient (Wildman–Crippen LogP) is 1.98. The van der Waals surface area contributed by atoms with Crippen LogP contribution in [0.15, 0.2) is 36.4 Å². The monoisotopic (exact) mass is 205 g/mol. The molecule has 0 aliphatic heterocycles. The van der Waals surface area contributed by atoms with Crippen LogP contribution in [0.3, 0.4) is 0 Å². The van der Waals surface area contributed by atoms with Gasteiger partial charge in [-0.2, -0.15) is 0 Å².